The molecule has 2 heterocycles. The molecule has 1 fully saturated rings. The van der Waals surface area contributed by atoms with Crippen LogP contribution in [0.5, 0.6) is 5.75 Å². The van der Waals surface area contributed by atoms with E-state index in [9.17, 15) is 0 Å². The Morgan fingerprint density at radius 1 is 1.06 bits per heavy atom. The lowest BCUT2D eigenvalue weighted by Gasteiger charge is -2.32. The van der Waals surface area contributed by atoms with Gasteiger partial charge < -0.3 is 19.9 Å². The molecular formula is C26H28N6O. The van der Waals surface area contributed by atoms with E-state index in [-0.39, 0.29) is 11.9 Å². The predicted molar refractivity (Wildman–Crippen MR) is 132 cm³/mol. The van der Waals surface area contributed by atoms with Crippen molar-refractivity contribution in [3.8, 4) is 5.75 Å². The summed E-state index contributed by atoms with van der Waals surface area (Å²) in [5.41, 5.74) is 9.66. The van der Waals surface area contributed by atoms with Crippen molar-refractivity contribution in [2.24, 2.45) is 5.73 Å². The van der Waals surface area contributed by atoms with Gasteiger partial charge in [-0.3, -0.25) is 10.8 Å². The first-order valence-corrected chi connectivity index (χ1v) is 11.3. The molecule has 0 amide bonds. The molecule has 4 N–H and O–H groups in total. The molecule has 5 rings (SSSR count). The number of ether oxygens (including phenoxy) is 1. The summed E-state index contributed by atoms with van der Waals surface area (Å²) in [4.78, 5) is 6.72. The standard InChI is InChI=1S/C26H28N6O/c1-17(27)31-12-10-19(11-13-31)33-20-7-9-25-24(14-20)30-16-32(25)15-18-6-8-23(26(28)29)22-5-3-2-4-21(18)22/h2-9,14,16,19,27H,10-13,15H2,1H3,(H3,28,29). The minimum absolute atomic E-state index is 0.0806. The number of piperidine rings is 1. The van der Waals surface area contributed by atoms with E-state index in [2.05, 4.69) is 26.6 Å². The molecule has 1 saturated heterocycles. The van der Waals surface area contributed by atoms with Gasteiger partial charge in [-0.05, 0) is 35.4 Å². The molecule has 33 heavy (non-hydrogen) atoms. The molecule has 0 unspecified atom stereocenters. The first kappa shape index (κ1) is 21.0. The predicted octanol–water partition coefficient (Wildman–Crippen LogP) is 4.36. The maximum absolute atomic E-state index is 7.87. The zero-order valence-electron chi connectivity index (χ0n) is 18.7. The second kappa shape index (κ2) is 8.58. The van der Waals surface area contributed by atoms with Crippen LogP contribution in [-0.4, -0.2) is 45.3 Å². The van der Waals surface area contributed by atoms with Crippen LogP contribution in [0, 0.1) is 10.8 Å². The SMILES string of the molecule is CC(=N)N1CCC(Oc2ccc3c(c2)ncn3Cc2ccc(C(=N)N)c3ccccc23)CC1. The number of nitrogen functional groups attached to an aromatic ring is 1. The Morgan fingerprint density at radius 3 is 2.55 bits per heavy atom. The Labute approximate surface area is 192 Å². The third-order valence-corrected chi connectivity index (χ3v) is 6.46. The molecule has 1 aliphatic rings. The van der Waals surface area contributed by atoms with E-state index in [1.807, 2.05) is 55.7 Å². The summed E-state index contributed by atoms with van der Waals surface area (Å²) >= 11 is 0. The van der Waals surface area contributed by atoms with E-state index < -0.39 is 0 Å². The zero-order valence-corrected chi connectivity index (χ0v) is 18.7. The highest BCUT2D eigenvalue weighted by molar-refractivity contribution is 6.08. The number of amidine groups is 2. The molecule has 4 aromatic rings. The van der Waals surface area contributed by atoms with E-state index in [0.717, 1.165) is 64.6 Å². The van der Waals surface area contributed by atoms with Gasteiger partial charge in [0.15, 0.2) is 0 Å². The van der Waals surface area contributed by atoms with Gasteiger partial charge in [-0.1, -0.05) is 36.4 Å². The number of imidazole rings is 1. The van der Waals surface area contributed by atoms with Crippen molar-refractivity contribution in [1.29, 1.82) is 10.8 Å². The molecule has 0 spiro atoms. The van der Waals surface area contributed by atoms with Crippen molar-refractivity contribution >= 4 is 33.5 Å². The van der Waals surface area contributed by atoms with Crippen LogP contribution >= 0.6 is 0 Å². The molecule has 0 atom stereocenters. The minimum atomic E-state index is 0.0806. The van der Waals surface area contributed by atoms with Gasteiger partial charge >= 0.3 is 0 Å². The van der Waals surface area contributed by atoms with Crippen molar-refractivity contribution in [2.45, 2.75) is 32.4 Å². The zero-order chi connectivity index (χ0) is 22.9. The summed E-state index contributed by atoms with van der Waals surface area (Å²) in [6, 6.07) is 18.2. The second-order valence-electron chi connectivity index (χ2n) is 8.64. The van der Waals surface area contributed by atoms with Gasteiger partial charge in [0.25, 0.3) is 0 Å². The van der Waals surface area contributed by atoms with Crippen LogP contribution in [-0.2, 0) is 6.54 Å². The lowest BCUT2D eigenvalue weighted by Crippen LogP contribution is -2.40. The maximum atomic E-state index is 7.87. The van der Waals surface area contributed by atoms with Crippen molar-refractivity contribution < 1.29 is 4.74 Å². The Kier molecular flexibility index (Phi) is 5.46. The Morgan fingerprint density at radius 2 is 1.82 bits per heavy atom. The maximum Gasteiger partial charge on any atom is 0.123 e. The first-order valence-electron chi connectivity index (χ1n) is 11.3. The van der Waals surface area contributed by atoms with Gasteiger partial charge in [0.1, 0.15) is 17.7 Å². The fraction of sp³-hybridized carbons (Fsp3) is 0.269. The topological polar surface area (TPSA) is 104 Å². The number of aromatic nitrogens is 2. The highest BCUT2D eigenvalue weighted by atomic mass is 16.5. The van der Waals surface area contributed by atoms with Crippen molar-refractivity contribution in [3.05, 3.63) is 72.1 Å². The van der Waals surface area contributed by atoms with E-state index in [4.69, 9.17) is 21.3 Å². The number of likely N-dealkylation sites (tertiary alicyclic amines) is 1. The number of hydrogen-bond acceptors (Lipinski definition) is 4. The van der Waals surface area contributed by atoms with Crippen LogP contribution in [0.2, 0.25) is 0 Å². The van der Waals surface area contributed by atoms with E-state index in [1.54, 1.807) is 0 Å². The summed E-state index contributed by atoms with van der Waals surface area (Å²) in [6.07, 6.45) is 3.89. The summed E-state index contributed by atoms with van der Waals surface area (Å²) < 4.78 is 8.37. The Balaban J connectivity index is 1.36. The van der Waals surface area contributed by atoms with Gasteiger partial charge in [0.05, 0.1) is 23.2 Å². The van der Waals surface area contributed by atoms with Gasteiger partial charge in [-0.25, -0.2) is 4.98 Å². The van der Waals surface area contributed by atoms with Crippen LogP contribution in [0.25, 0.3) is 21.8 Å². The van der Waals surface area contributed by atoms with Crippen LogP contribution < -0.4 is 10.5 Å². The van der Waals surface area contributed by atoms with Crippen LogP contribution in [0.15, 0.2) is 60.9 Å². The molecule has 0 radical (unpaired) electrons. The number of fused-ring (bicyclic) bond motifs is 2. The second-order valence-corrected chi connectivity index (χ2v) is 8.64. The van der Waals surface area contributed by atoms with Crippen LogP contribution in [0.4, 0.5) is 0 Å². The normalized spacial score (nSPS) is 14.6. The summed E-state index contributed by atoms with van der Waals surface area (Å²) in [5.74, 6) is 1.55. The average molecular weight is 441 g/mol. The van der Waals surface area contributed by atoms with Crippen molar-refractivity contribution in [3.63, 3.8) is 0 Å². The molecule has 7 nitrogen and oxygen atoms in total. The number of rotatable bonds is 5. The highest BCUT2D eigenvalue weighted by Gasteiger charge is 2.21. The largest absolute Gasteiger partial charge is 0.490 e. The molecule has 0 saturated carbocycles. The summed E-state index contributed by atoms with van der Waals surface area (Å²) in [5, 5.41) is 17.7. The molecular weight excluding hydrogens is 412 g/mol. The van der Waals surface area contributed by atoms with Gasteiger partial charge in [0.2, 0.25) is 0 Å². The number of hydrogen-bond donors (Lipinski definition) is 3. The van der Waals surface area contributed by atoms with E-state index in [1.165, 1.54) is 0 Å². The lowest BCUT2D eigenvalue weighted by atomic mass is 9.99. The Bertz CT molecular complexity index is 1350. The molecule has 7 heteroatoms. The number of nitrogens with zero attached hydrogens (tertiary/aromatic N) is 3. The molecule has 1 aromatic heterocycles. The number of nitrogens with one attached hydrogen (secondary N) is 2. The molecule has 0 aliphatic carbocycles. The van der Waals surface area contributed by atoms with Gasteiger partial charge in [-0.2, -0.15) is 0 Å². The van der Waals surface area contributed by atoms with E-state index >= 15 is 0 Å². The summed E-state index contributed by atoms with van der Waals surface area (Å²) in [7, 11) is 0. The van der Waals surface area contributed by atoms with Crippen LogP contribution in [0.3, 0.4) is 0 Å². The lowest BCUT2D eigenvalue weighted by molar-refractivity contribution is 0.130. The van der Waals surface area contributed by atoms with Crippen molar-refractivity contribution in [1.82, 2.24) is 14.5 Å². The third kappa shape index (κ3) is 4.14. The molecule has 1 aliphatic heterocycles. The molecule has 0 bridgehead atoms. The fourth-order valence-electron chi connectivity index (χ4n) is 4.66. The quantitative estimate of drug-likeness (QED) is 0.317. The van der Waals surface area contributed by atoms with Gasteiger partial charge in [0, 0.05) is 44.1 Å². The first-order chi connectivity index (χ1) is 16.0. The van der Waals surface area contributed by atoms with E-state index in [0.29, 0.717) is 12.4 Å². The molecule has 168 valence electrons. The smallest absolute Gasteiger partial charge is 0.123 e. The Hall–Kier alpha value is -3.87. The fourth-order valence-corrected chi connectivity index (χ4v) is 4.66. The van der Waals surface area contributed by atoms with Crippen molar-refractivity contribution in [2.75, 3.05) is 13.1 Å². The minimum Gasteiger partial charge on any atom is -0.490 e. The number of benzene rings is 3. The number of nitrogens with two attached hydrogens (primary N) is 1. The monoisotopic (exact) mass is 440 g/mol. The van der Waals surface area contributed by atoms with Crippen LogP contribution in [0.1, 0.15) is 30.9 Å². The average Bonchev–Trinajstić information content (AvgIpc) is 3.21. The molecule has 3 aromatic carbocycles. The highest BCUT2D eigenvalue weighted by Crippen LogP contribution is 2.27. The van der Waals surface area contributed by atoms with Gasteiger partial charge in [-0.15, -0.1) is 0 Å². The third-order valence-electron chi connectivity index (χ3n) is 6.46. The summed E-state index contributed by atoms with van der Waals surface area (Å²) in [6.45, 7) is 4.25.